The van der Waals surface area contributed by atoms with Crippen molar-refractivity contribution >= 4 is 29.0 Å². The minimum atomic E-state index is -0.503. The first-order chi connectivity index (χ1) is 12.0. The average Bonchev–Trinajstić information content (AvgIpc) is 2.61. The minimum Gasteiger partial charge on any atom is -0.486 e. The lowest BCUT2D eigenvalue weighted by atomic mass is 10.2. The molecule has 0 unspecified atom stereocenters. The van der Waals surface area contributed by atoms with Crippen molar-refractivity contribution in [2.24, 2.45) is 0 Å². The summed E-state index contributed by atoms with van der Waals surface area (Å²) in [4.78, 5) is 23.6. The van der Waals surface area contributed by atoms with Crippen molar-refractivity contribution in [1.82, 2.24) is 0 Å². The summed E-state index contributed by atoms with van der Waals surface area (Å²) in [7, 11) is 0. The van der Waals surface area contributed by atoms with Crippen molar-refractivity contribution < 1.29 is 19.2 Å². The second kappa shape index (κ2) is 7.43. The lowest BCUT2D eigenvalue weighted by Gasteiger charge is -2.18. The molecule has 25 heavy (non-hydrogen) atoms. The second-order valence-corrected chi connectivity index (χ2v) is 6.47. The Labute approximate surface area is 148 Å². The molecule has 0 saturated heterocycles. The number of fused-ring (bicyclic) bond motifs is 1. The summed E-state index contributed by atoms with van der Waals surface area (Å²) in [6.45, 7) is 2.78. The van der Waals surface area contributed by atoms with Gasteiger partial charge in [0, 0.05) is 11.0 Å². The van der Waals surface area contributed by atoms with E-state index in [-0.39, 0.29) is 23.0 Å². The molecule has 2 aromatic carbocycles. The lowest BCUT2D eigenvalue weighted by Crippen LogP contribution is -2.16. The van der Waals surface area contributed by atoms with Crippen molar-refractivity contribution in [3.05, 3.63) is 52.1 Å². The van der Waals surface area contributed by atoms with E-state index in [1.165, 1.54) is 17.8 Å². The number of anilines is 1. The predicted octanol–water partition coefficient (Wildman–Crippen LogP) is 3.41. The number of nitrogens with zero attached hydrogens (tertiary/aromatic N) is 1. The van der Waals surface area contributed by atoms with Crippen molar-refractivity contribution in [2.75, 3.05) is 24.3 Å². The highest BCUT2D eigenvalue weighted by Crippen LogP contribution is 2.34. The second-order valence-electron chi connectivity index (χ2n) is 5.42. The molecule has 0 fully saturated rings. The van der Waals surface area contributed by atoms with Gasteiger partial charge in [0.2, 0.25) is 5.91 Å². The fourth-order valence-corrected chi connectivity index (χ4v) is 3.07. The van der Waals surface area contributed by atoms with Crippen molar-refractivity contribution in [3.63, 3.8) is 0 Å². The Hall–Kier alpha value is -2.74. The van der Waals surface area contributed by atoms with Crippen molar-refractivity contribution in [2.45, 2.75) is 11.8 Å². The number of carbonyl (C=O) groups is 1. The largest absolute Gasteiger partial charge is 0.486 e. The number of nitro benzene ring substituents is 1. The zero-order valence-electron chi connectivity index (χ0n) is 13.5. The van der Waals surface area contributed by atoms with Crippen LogP contribution in [0, 0.1) is 17.0 Å². The van der Waals surface area contributed by atoms with Crippen LogP contribution in [-0.4, -0.2) is 29.8 Å². The van der Waals surface area contributed by atoms with Crippen LogP contribution in [0.15, 0.2) is 41.3 Å². The Balaban J connectivity index is 1.63. The lowest BCUT2D eigenvalue weighted by molar-refractivity contribution is -0.384. The van der Waals surface area contributed by atoms with Crippen LogP contribution in [0.2, 0.25) is 0 Å². The van der Waals surface area contributed by atoms with Gasteiger partial charge in [-0.15, -0.1) is 11.8 Å². The molecule has 1 amide bonds. The zero-order valence-corrected chi connectivity index (χ0v) is 14.3. The summed E-state index contributed by atoms with van der Waals surface area (Å²) >= 11 is 1.32. The number of thioether (sulfide) groups is 1. The molecule has 3 rings (SSSR count). The summed E-state index contributed by atoms with van der Waals surface area (Å²) in [6.07, 6.45) is 0. The maximum Gasteiger partial charge on any atom is 0.293 e. The van der Waals surface area contributed by atoms with Gasteiger partial charge < -0.3 is 14.8 Å². The smallest absolute Gasteiger partial charge is 0.293 e. The molecule has 1 N–H and O–H groups in total. The predicted molar refractivity (Wildman–Crippen MR) is 94.6 cm³/mol. The third-order valence-corrected chi connectivity index (χ3v) is 4.50. The molecule has 0 aliphatic carbocycles. The van der Waals surface area contributed by atoms with Gasteiger partial charge in [0.05, 0.1) is 10.7 Å². The number of amides is 1. The van der Waals surface area contributed by atoms with Gasteiger partial charge in [-0.1, -0.05) is 6.07 Å². The van der Waals surface area contributed by atoms with Gasteiger partial charge in [-0.3, -0.25) is 14.9 Å². The Morgan fingerprint density at radius 1 is 1.20 bits per heavy atom. The Kier molecular flexibility index (Phi) is 5.08. The Morgan fingerprint density at radius 3 is 2.72 bits per heavy atom. The standard InChI is InChI=1S/C17H16N2O5S/c1-11-2-4-13(14(8-11)19(21)22)18-17(20)10-25-12-3-5-15-16(9-12)24-7-6-23-15/h2-5,8-9H,6-7,10H2,1H3,(H,18,20). The number of nitro groups is 1. The maximum atomic E-state index is 12.1. The molecular formula is C17H16N2O5S. The normalized spacial score (nSPS) is 12.5. The molecule has 0 spiro atoms. The summed E-state index contributed by atoms with van der Waals surface area (Å²) in [5, 5.41) is 13.7. The third-order valence-electron chi connectivity index (χ3n) is 3.51. The number of ether oxygens (including phenoxy) is 2. The molecule has 130 valence electrons. The first kappa shape index (κ1) is 17.1. The van der Waals surface area contributed by atoms with Crippen LogP contribution in [0.1, 0.15) is 5.56 Å². The van der Waals surface area contributed by atoms with E-state index in [1.54, 1.807) is 25.1 Å². The summed E-state index contributed by atoms with van der Waals surface area (Å²) in [5.74, 6) is 1.16. The third kappa shape index (κ3) is 4.21. The van der Waals surface area contributed by atoms with Crippen molar-refractivity contribution in [3.8, 4) is 11.5 Å². The van der Waals surface area contributed by atoms with Crippen LogP contribution >= 0.6 is 11.8 Å². The highest BCUT2D eigenvalue weighted by Gasteiger charge is 2.17. The van der Waals surface area contributed by atoms with E-state index in [0.29, 0.717) is 24.7 Å². The summed E-state index contributed by atoms with van der Waals surface area (Å²) < 4.78 is 11.0. The molecule has 1 heterocycles. The van der Waals surface area contributed by atoms with Crippen LogP contribution < -0.4 is 14.8 Å². The molecule has 0 atom stereocenters. The molecule has 0 aromatic heterocycles. The summed E-state index contributed by atoms with van der Waals surface area (Å²) in [5.41, 5.74) is 0.844. The molecule has 2 aromatic rings. The van der Waals surface area contributed by atoms with Crippen molar-refractivity contribution in [1.29, 1.82) is 0 Å². The van der Waals surface area contributed by atoms with Gasteiger partial charge in [-0.05, 0) is 36.8 Å². The van der Waals surface area contributed by atoms with E-state index in [0.717, 1.165) is 10.5 Å². The van der Waals surface area contributed by atoms with E-state index >= 15 is 0 Å². The van der Waals surface area contributed by atoms with Crippen LogP contribution in [0.3, 0.4) is 0 Å². The van der Waals surface area contributed by atoms with Gasteiger partial charge in [-0.25, -0.2) is 0 Å². The topological polar surface area (TPSA) is 90.7 Å². The van der Waals surface area contributed by atoms with Crippen LogP contribution in [-0.2, 0) is 4.79 Å². The number of aryl methyl sites for hydroxylation is 1. The molecule has 0 radical (unpaired) electrons. The Bertz CT molecular complexity index is 825. The maximum absolute atomic E-state index is 12.1. The van der Waals surface area contributed by atoms with Gasteiger partial charge in [0.1, 0.15) is 18.9 Å². The highest BCUT2D eigenvalue weighted by atomic mass is 32.2. The molecular weight excluding hydrogens is 344 g/mol. The van der Waals surface area contributed by atoms with E-state index in [2.05, 4.69) is 5.32 Å². The van der Waals surface area contributed by atoms with Crippen LogP contribution in [0.5, 0.6) is 11.5 Å². The number of hydrogen-bond donors (Lipinski definition) is 1. The number of carbonyl (C=O) groups excluding carboxylic acids is 1. The zero-order chi connectivity index (χ0) is 17.8. The highest BCUT2D eigenvalue weighted by molar-refractivity contribution is 8.00. The minimum absolute atomic E-state index is 0.113. The van der Waals surface area contributed by atoms with E-state index in [4.69, 9.17) is 9.47 Å². The first-order valence-corrected chi connectivity index (χ1v) is 8.59. The first-order valence-electron chi connectivity index (χ1n) is 7.60. The fourth-order valence-electron chi connectivity index (χ4n) is 2.35. The molecule has 0 bridgehead atoms. The number of benzene rings is 2. The van der Waals surface area contributed by atoms with Gasteiger partial charge in [-0.2, -0.15) is 0 Å². The van der Waals surface area contributed by atoms with E-state index in [1.807, 2.05) is 12.1 Å². The molecule has 1 aliphatic rings. The molecule has 1 aliphatic heterocycles. The Morgan fingerprint density at radius 2 is 1.96 bits per heavy atom. The van der Waals surface area contributed by atoms with Gasteiger partial charge in [0.15, 0.2) is 11.5 Å². The fraction of sp³-hybridized carbons (Fsp3) is 0.235. The van der Waals surface area contributed by atoms with Gasteiger partial charge >= 0.3 is 0 Å². The van der Waals surface area contributed by atoms with E-state index < -0.39 is 4.92 Å². The SMILES string of the molecule is Cc1ccc(NC(=O)CSc2ccc3c(c2)OCCO3)c([N+](=O)[O-])c1. The molecule has 8 heteroatoms. The van der Waals surface area contributed by atoms with E-state index in [9.17, 15) is 14.9 Å². The molecule has 7 nitrogen and oxygen atoms in total. The molecule has 0 saturated carbocycles. The quantitative estimate of drug-likeness (QED) is 0.499. The number of nitrogens with one attached hydrogen (secondary N) is 1. The van der Waals surface area contributed by atoms with Crippen LogP contribution in [0.4, 0.5) is 11.4 Å². The van der Waals surface area contributed by atoms with Crippen LogP contribution in [0.25, 0.3) is 0 Å². The monoisotopic (exact) mass is 360 g/mol. The summed E-state index contributed by atoms with van der Waals surface area (Å²) in [6, 6.07) is 10.2. The number of rotatable bonds is 5. The number of hydrogen-bond acceptors (Lipinski definition) is 6. The van der Waals surface area contributed by atoms with Gasteiger partial charge in [0.25, 0.3) is 5.69 Å². The average molecular weight is 360 g/mol.